The van der Waals surface area contributed by atoms with Crippen LogP contribution in [0.15, 0.2) is 35.3 Å². The molecule has 136 valence electrons. The molecule has 7 nitrogen and oxygen atoms in total. The van der Waals surface area contributed by atoms with Crippen LogP contribution in [0, 0.1) is 0 Å². The number of fused-ring (bicyclic) bond motifs is 3. The van der Waals surface area contributed by atoms with Crippen molar-refractivity contribution < 1.29 is 4.79 Å². The molecule has 3 heterocycles. The minimum absolute atomic E-state index is 0.0260. The van der Waals surface area contributed by atoms with Crippen molar-refractivity contribution in [1.29, 1.82) is 0 Å². The van der Waals surface area contributed by atoms with Gasteiger partial charge < -0.3 is 15.2 Å². The molecule has 26 heavy (non-hydrogen) atoms. The molecule has 1 fully saturated rings. The van der Waals surface area contributed by atoms with Crippen LogP contribution in [-0.2, 0) is 11.3 Å². The zero-order valence-corrected chi connectivity index (χ0v) is 14.7. The minimum atomic E-state index is -0.147. The van der Waals surface area contributed by atoms with Crippen LogP contribution in [0.5, 0.6) is 0 Å². The molecule has 0 radical (unpaired) electrons. The highest BCUT2D eigenvalue weighted by atomic mass is 16.1. The highest BCUT2D eigenvalue weighted by molar-refractivity contribution is 5.80. The van der Waals surface area contributed by atoms with Gasteiger partial charge in [0.25, 0.3) is 5.56 Å². The predicted octanol–water partition coefficient (Wildman–Crippen LogP) is 1.67. The zero-order chi connectivity index (χ0) is 17.9. The lowest BCUT2D eigenvalue weighted by Gasteiger charge is -2.25. The Kier molecular flexibility index (Phi) is 4.71. The number of carbonyl (C=O) groups excluding carboxylic acids is 1. The number of likely N-dealkylation sites (tertiary alicyclic amines) is 1. The van der Waals surface area contributed by atoms with Gasteiger partial charge in [-0.15, -0.1) is 0 Å². The van der Waals surface area contributed by atoms with Crippen molar-refractivity contribution in [2.24, 2.45) is 0 Å². The SMILES string of the molecule is O=C(CCN1CCCCC1)NCc1cnn2c1[nH]c(=O)c1ccccc12. The number of benzene rings is 1. The molecule has 0 atom stereocenters. The second-order valence-electron chi connectivity index (χ2n) is 6.83. The number of piperidine rings is 1. The molecule has 1 aliphatic rings. The van der Waals surface area contributed by atoms with E-state index in [0.29, 0.717) is 24.0 Å². The maximum Gasteiger partial charge on any atom is 0.259 e. The number of nitrogens with one attached hydrogen (secondary N) is 2. The van der Waals surface area contributed by atoms with Crippen molar-refractivity contribution >= 4 is 22.5 Å². The molecule has 2 aromatic heterocycles. The molecule has 3 aromatic rings. The predicted molar refractivity (Wildman–Crippen MR) is 100 cm³/mol. The van der Waals surface area contributed by atoms with Gasteiger partial charge in [-0.2, -0.15) is 5.10 Å². The zero-order valence-electron chi connectivity index (χ0n) is 14.7. The number of amides is 1. The molecule has 1 amide bonds. The fourth-order valence-electron chi connectivity index (χ4n) is 3.58. The van der Waals surface area contributed by atoms with E-state index in [4.69, 9.17) is 0 Å². The van der Waals surface area contributed by atoms with Crippen LogP contribution in [0.25, 0.3) is 16.6 Å². The molecule has 0 unspecified atom stereocenters. The van der Waals surface area contributed by atoms with Gasteiger partial charge in [-0.3, -0.25) is 9.59 Å². The summed E-state index contributed by atoms with van der Waals surface area (Å²) in [6.07, 6.45) is 5.95. The number of carbonyl (C=O) groups is 1. The van der Waals surface area contributed by atoms with E-state index in [0.717, 1.165) is 30.7 Å². The molecule has 1 aromatic carbocycles. The molecular formula is C19H23N5O2. The molecule has 7 heteroatoms. The van der Waals surface area contributed by atoms with Crippen LogP contribution in [0.3, 0.4) is 0 Å². The lowest BCUT2D eigenvalue weighted by Crippen LogP contribution is -2.34. The van der Waals surface area contributed by atoms with Gasteiger partial charge in [-0.25, -0.2) is 4.52 Å². The lowest BCUT2D eigenvalue weighted by molar-refractivity contribution is -0.121. The van der Waals surface area contributed by atoms with Gasteiger partial charge >= 0.3 is 0 Å². The Morgan fingerprint density at radius 1 is 1.19 bits per heavy atom. The summed E-state index contributed by atoms with van der Waals surface area (Å²) in [4.78, 5) is 29.7. The van der Waals surface area contributed by atoms with Crippen molar-refractivity contribution in [3.8, 4) is 0 Å². The summed E-state index contributed by atoms with van der Waals surface area (Å²) in [6, 6.07) is 7.35. The largest absolute Gasteiger partial charge is 0.352 e. The van der Waals surface area contributed by atoms with Crippen molar-refractivity contribution in [1.82, 2.24) is 24.8 Å². The Hall–Kier alpha value is -2.67. The average molecular weight is 353 g/mol. The molecule has 0 saturated carbocycles. The first-order valence-corrected chi connectivity index (χ1v) is 9.19. The van der Waals surface area contributed by atoms with Crippen molar-refractivity contribution in [3.05, 3.63) is 46.4 Å². The Morgan fingerprint density at radius 3 is 2.85 bits per heavy atom. The van der Waals surface area contributed by atoms with Crippen LogP contribution < -0.4 is 10.9 Å². The summed E-state index contributed by atoms with van der Waals surface area (Å²) in [6.45, 7) is 3.35. The van der Waals surface area contributed by atoms with Gasteiger partial charge in [0.2, 0.25) is 5.91 Å². The van der Waals surface area contributed by atoms with E-state index >= 15 is 0 Å². The molecule has 0 spiro atoms. The molecule has 0 bridgehead atoms. The fourth-order valence-corrected chi connectivity index (χ4v) is 3.58. The Morgan fingerprint density at radius 2 is 2.00 bits per heavy atom. The van der Waals surface area contributed by atoms with E-state index in [1.165, 1.54) is 19.3 Å². The first-order valence-electron chi connectivity index (χ1n) is 9.19. The summed E-state index contributed by atoms with van der Waals surface area (Å²) >= 11 is 0. The van der Waals surface area contributed by atoms with Gasteiger partial charge in [-0.1, -0.05) is 18.6 Å². The highest BCUT2D eigenvalue weighted by Crippen LogP contribution is 2.14. The third-order valence-electron chi connectivity index (χ3n) is 5.03. The van der Waals surface area contributed by atoms with Gasteiger partial charge in [0.05, 0.1) is 17.1 Å². The average Bonchev–Trinajstić information content (AvgIpc) is 3.09. The van der Waals surface area contributed by atoms with E-state index < -0.39 is 0 Å². The Labute approximate surface area is 151 Å². The number of aromatic nitrogens is 3. The van der Waals surface area contributed by atoms with E-state index in [9.17, 15) is 9.59 Å². The van der Waals surface area contributed by atoms with Crippen molar-refractivity contribution in [2.45, 2.75) is 32.2 Å². The second-order valence-corrected chi connectivity index (χ2v) is 6.83. The number of rotatable bonds is 5. The maximum absolute atomic E-state index is 12.3. The molecule has 2 N–H and O–H groups in total. The van der Waals surface area contributed by atoms with E-state index in [-0.39, 0.29) is 11.5 Å². The highest BCUT2D eigenvalue weighted by Gasteiger charge is 2.13. The number of para-hydroxylation sites is 1. The monoisotopic (exact) mass is 353 g/mol. The third-order valence-corrected chi connectivity index (χ3v) is 5.03. The van der Waals surface area contributed by atoms with Crippen LogP contribution in [0.2, 0.25) is 0 Å². The van der Waals surface area contributed by atoms with Gasteiger partial charge in [0, 0.05) is 25.1 Å². The summed E-state index contributed by atoms with van der Waals surface area (Å²) in [7, 11) is 0. The molecule has 1 saturated heterocycles. The number of hydrogen-bond acceptors (Lipinski definition) is 4. The summed E-state index contributed by atoms with van der Waals surface area (Å²) in [5, 5.41) is 7.91. The van der Waals surface area contributed by atoms with Gasteiger partial charge in [-0.05, 0) is 38.1 Å². The number of hydrogen-bond donors (Lipinski definition) is 2. The first kappa shape index (κ1) is 16.8. The quantitative estimate of drug-likeness (QED) is 0.731. The van der Waals surface area contributed by atoms with Crippen LogP contribution in [0.1, 0.15) is 31.2 Å². The molecule has 0 aliphatic carbocycles. The fraction of sp³-hybridized carbons (Fsp3) is 0.421. The first-order chi connectivity index (χ1) is 12.7. The van der Waals surface area contributed by atoms with Crippen LogP contribution in [0.4, 0.5) is 0 Å². The lowest BCUT2D eigenvalue weighted by atomic mass is 10.1. The van der Waals surface area contributed by atoms with Crippen molar-refractivity contribution in [3.63, 3.8) is 0 Å². The summed E-state index contributed by atoms with van der Waals surface area (Å²) in [5.74, 6) is 0.0260. The number of aromatic amines is 1. The smallest absolute Gasteiger partial charge is 0.259 e. The van der Waals surface area contributed by atoms with Gasteiger partial charge in [0.15, 0.2) is 0 Å². The third kappa shape index (κ3) is 3.35. The topological polar surface area (TPSA) is 82.5 Å². The standard InChI is InChI=1S/C19H23N5O2/c25-17(8-11-23-9-4-1-5-10-23)20-12-14-13-21-24-16-7-3-2-6-15(16)19(26)22-18(14)24/h2-3,6-7,13H,1,4-5,8-12H2,(H,20,25)(H,22,26). The molecule has 4 rings (SSSR count). The van der Waals surface area contributed by atoms with Crippen LogP contribution in [-0.4, -0.2) is 45.0 Å². The Bertz CT molecular complexity index is 984. The van der Waals surface area contributed by atoms with E-state index in [2.05, 4.69) is 20.3 Å². The van der Waals surface area contributed by atoms with E-state index in [1.54, 1.807) is 16.8 Å². The number of H-pyrrole nitrogens is 1. The van der Waals surface area contributed by atoms with Crippen LogP contribution >= 0.6 is 0 Å². The van der Waals surface area contributed by atoms with E-state index in [1.807, 2.05) is 18.2 Å². The maximum atomic E-state index is 12.3. The summed E-state index contributed by atoms with van der Waals surface area (Å²) < 4.78 is 1.71. The Balaban J connectivity index is 1.44. The molecule has 1 aliphatic heterocycles. The van der Waals surface area contributed by atoms with Crippen molar-refractivity contribution in [2.75, 3.05) is 19.6 Å². The van der Waals surface area contributed by atoms with Gasteiger partial charge in [0.1, 0.15) is 5.65 Å². The second kappa shape index (κ2) is 7.29. The normalized spacial score (nSPS) is 15.5. The number of nitrogens with zero attached hydrogens (tertiary/aromatic N) is 3. The summed E-state index contributed by atoms with van der Waals surface area (Å²) in [5.41, 5.74) is 2.05. The molecular weight excluding hydrogens is 330 g/mol. The minimum Gasteiger partial charge on any atom is -0.352 e.